The summed E-state index contributed by atoms with van der Waals surface area (Å²) < 4.78 is 26.1. The van der Waals surface area contributed by atoms with Crippen molar-refractivity contribution >= 4 is 0 Å². The molecule has 0 radical (unpaired) electrons. The highest BCUT2D eigenvalue weighted by Crippen LogP contribution is 2.42. The van der Waals surface area contributed by atoms with Crippen molar-refractivity contribution in [1.29, 1.82) is 0 Å². The highest BCUT2D eigenvalue weighted by molar-refractivity contribution is 5.19. The topological polar surface area (TPSA) is 26.0 Å². The summed E-state index contributed by atoms with van der Waals surface area (Å²) in [5.41, 5.74) is 7.36. The zero-order valence-corrected chi connectivity index (χ0v) is 11.8. The van der Waals surface area contributed by atoms with Gasteiger partial charge in [0.05, 0.1) is 0 Å². The molecule has 1 aromatic rings. The molecule has 0 heterocycles. The first-order valence-electron chi connectivity index (χ1n) is 7.09. The van der Waals surface area contributed by atoms with Crippen LogP contribution in [0.3, 0.4) is 0 Å². The number of hydrogen-bond donors (Lipinski definition) is 1. The van der Waals surface area contributed by atoms with Gasteiger partial charge in [0.2, 0.25) is 0 Å². The summed E-state index contributed by atoms with van der Waals surface area (Å²) in [5.74, 6) is -1.13. The average molecular weight is 267 g/mol. The first-order chi connectivity index (χ1) is 8.90. The largest absolute Gasteiger partial charge is 0.327 e. The van der Waals surface area contributed by atoms with Crippen molar-refractivity contribution in [2.24, 2.45) is 17.1 Å². The van der Waals surface area contributed by atoms with Crippen LogP contribution in [-0.2, 0) is 6.42 Å². The monoisotopic (exact) mass is 267 g/mol. The normalized spacial score (nSPS) is 24.2. The van der Waals surface area contributed by atoms with Crippen LogP contribution in [0, 0.1) is 23.0 Å². The van der Waals surface area contributed by atoms with Crippen molar-refractivity contribution in [3.05, 3.63) is 35.4 Å². The van der Waals surface area contributed by atoms with Crippen LogP contribution in [0.4, 0.5) is 8.78 Å². The van der Waals surface area contributed by atoms with Gasteiger partial charge in [0.25, 0.3) is 0 Å². The maximum atomic E-state index is 13.2. The Bertz CT molecular complexity index is 442. The van der Waals surface area contributed by atoms with Gasteiger partial charge in [0.15, 0.2) is 11.6 Å². The molecular weight excluding hydrogens is 244 g/mol. The van der Waals surface area contributed by atoms with Crippen LogP contribution in [0.15, 0.2) is 18.2 Å². The molecule has 2 rings (SSSR count). The van der Waals surface area contributed by atoms with Gasteiger partial charge in [-0.3, -0.25) is 0 Å². The summed E-state index contributed by atoms with van der Waals surface area (Å²) in [6.45, 7) is 4.53. The Hall–Kier alpha value is -0.960. The van der Waals surface area contributed by atoms with Gasteiger partial charge in [-0.15, -0.1) is 0 Å². The van der Waals surface area contributed by atoms with Crippen molar-refractivity contribution in [3.8, 4) is 0 Å². The molecular formula is C16H23F2N. The SMILES string of the molecule is CC1(C)CCCCC1C(N)Cc1ccc(F)c(F)c1. The zero-order valence-electron chi connectivity index (χ0n) is 11.8. The molecule has 2 N–H and O–H groups in total. The quantitative estimate of drug-likeness (QED) is 0.878. The van der Waals surface area contributed by atoms with Crippen LogP contribution in [0.2, 0.25) is 0 Å². The summed E-state index contributed by atoms with van der Waals surface area (Å²) in [4.78, 5) is 0. The van der Waals surface area contributed by atoms with Gasteiger partial charge in [-0.05, 0) is 48.3 Å². The fourth-order valence-corrected chi connectivity index (χ4v) is 3.40. The van der Waals surface area contributed by atoms with Crippen molar-refractivity contribution < 1.29 is 8.78 Å². The minimum absolute atomic E-state index is 0.0140. The van der Waals surface area contributed by atoms with Crippen molar-refractivity contribution in [1.82, 2.24) is 0 Å². The van der Waals surface area contributed by atoms with Gasteiger partial charge in [-0.2, -0.15) is 0 Å². The molecule has 1 aromatic carbocycles. The van der Waals surface area contributed by atoms with Crippen LogP contribution in [0.5, 0.6) is 0 Å². The van der Waals surface area contributed by atoms with Crippen molar-refractivity contribution in [2.45, 2.75) is 52.0 Å². The Morgan fingerprint density at radius 2 is 2.00 bits per heavy atom. The molecule has 0 aliphatic heterocycles. The summed E-state index contributed by atoms with van der Waals surface area (Å²) in [6, 6.07) is 4.10. The van der Waals surface area contributed by atoms with E-state index in [1.807, 2.05) is 0 Å². The molecule has 0 aromatic heterocycles. The van der Waals surface area contributed by atoms with E-state index in [1.165, 1.54) is 31.4 Å². The molecule has 1 saturated carbocycles. The third-order valence-corrected chi connectivity index (χ3v) is 4.56. The van der Waals surface area contributed by atoms with E-state index in [9.17, 15) is 8.78 Å². The molecule has 2 atom stereocenters. The summed E-state index contributed by atoms with van der Waals surface area (Å²) >= 11 is 0. The maximum Gasteiger partial charge on any atom is 0.159 e. The second-order valence-corrected chi connectivity index (χ2v) is 6.46. The number of rotatable bonds is 3. The van der Waals surface area contributed by atoms with E-state index >= 15 is 0 Å². The fraction of sp³-hybridized carbons (Fsp3) is 0.625. The number of hydrogen-bond acceptors (Lipinski definition) is 1. The number of benzene rings is 1. The lowest BCUT2D eigenvalue weighted by atomic mass is 9.65. The molecule has 1 nitrogen and oxygen atoms in total. The highest BCUT2D eigenvalue weighted by Gasteiger charge is 2.35. The van der Waals surface area contributed by atoms with Gasteiger partial charge in [0.1, 0.15) is 0 Å². The van der Waals surface area contributed by atoms with E-state index in [1.54, 1.807) is 6.07 Å². The Balaban J connectivity index is 2.07. The van der Waals surface area contributed by atoms with Crippen LogP contribution in [0.1, 0.15) is 45.1 Å². The third-order valence-electron chi connectivity index (χ3n) is 4.56. The highest BCUT2D eigenvalue weighted by atomic mass is 19.2. The second kappa shape index (κ2) is 5.58. The van der Waals surface area contributed by atoms with Crippen LogP contribution in [-0.4, -0.2) is 6.04 Å². The molecule has 3 heteroatoms. The maximum absolute atomic E-state index is 13.2. The predicted molar refractivity (Wildman–Crippen MR) is 73.8 cm³/mol. The molecule has 1 aliphatic rings. The molecule has 0 bridgehead atoms. The molecule has 19 heavy (non-hydrogen) atoms. The van der Waals surface area contributed by atoms with Gasteiger partial charge >= 0.3 is 0 Å². The zero-order chi connectivity index (χ0) is 14.0. The fourth-order valence-electron chi connectivity index (χ4n) is 3.40. The lowest BCUT2D eigenvalue weighted by Gasteiger charge is -2.42. The number of nitrogens with two attached hydrogens (primary N) is 1. The van der Waals surface area contributed by atoms with E-state index in [2.05, 4.69) is 13.8 Å². The van der Waals surface area contributed by atoms with E-state index in [0.29, 0.717) is 12.3 Å². The molecule has 1 aliphatic carbocycles. The smallest absolute Gasteiger partial charge is 0.159 e. The van der Waals surface area contributed by atoms with Gasteiger partial charge in [-0.25, -0.2) is 8.78 Å². The molecule has 0 amide bonds. The molecule has 0 spiro atoms. The summed E-state index contributed by atoms with van der Waals surface area (Å²) in [6.07, 6.45) is 5.44. The van der Waals surface area contributed by atoms with Crippen LogP contribution in [0.25, 0.3) is 0 Å². The Morgan fingerprint density at radius 1 is 1.26 bits per heavy atom. The minimum atomic E-state index is -0.796. The molecule has 0 saturated heterocycles. The standard InChI is InChI=1S/C16H23F2N/c1-16(2)8-4-3-5-12(16)15(19)10-11-6-7-13(17)14(18)9-11/h6-7,9,12,15H,3-5,8,10,19H2,1-2H3. The first-order valence-corrected chi connectivity index (χ1v) is 7.09. The summed E-state index contributed by atoms with van der Waals surface area (Å²) in [7, 11) is 0. The van der Waals surface area contributed by atoms with E-state index in [0.717, 1.165) is 12.0 Å². The molecule has 1 fully saturated rings. The van der Waals surface area contributed by atoms with Crippen molar-refractivity contribution in [3.63, 3.8) is 0 Å². The van der Waals surface area contributed by atoms with Gasteiger partial charge in [0, 0.05) is 6.04 Å². The van der Waals surface area contributed by atoms with Crippen LogP contribution < -0.4 is 5.73 Å². The van der Waals surface area contributed by atoms with E-state index in [4.69, 9.17) is 5.73 Å². The summed E-state index contributed by atoms with van der Waals surface area (Å²) in [5, 5.41) is 0. The lowest BCUT2D eigenvalue weighted by Crippen LogP contribution is -2.43. The second-order valence-electron chi connectivity index (χ2n) is 6.46. The first kappa shape index (κ1) is 14.4. The predicted octanol–water partition coefficient (Wildman–Crippen LogP) is 4.05. The molecule has 2 unspecified atom stereocenters. The van der Waals surface area contributed by atoms with Gasteiger partial charge in [-0.1, -0.05) is 32.8 Å². The van der Waals surface area contributed by atoms with Crippen molar-refractivity contribution in [2.75, 3.05) is 0 Å². The van der Waals surface area contributed by atoms with E-state index in [-0.39, 0.29) is 11.5 Å². The lowest BCUT2D eigenvalue weighted by molar-refractivity contribution is 0.112. The average Bonchev–Trinajstić information content (AvgIpc) is 2.33. The molecule has 106 valence electrons. The Kier molecular flexibility index (Phi) is 4.24. The number of halogens is 2. The Morgan fingerprint density at radius 3 is 2.63 bits per heavy atom. The Labute approximate surface area is 114 Å². The van der Waals surface area contributed by atoms with E-state index < -0.39 is 11.6 Å². The third kappa shape index (κ3) is 3.33. The minimum Gasteiger partial charge on any atom is -0.327 e. The van der Waals surface area contributed by atoms with Gasteiger partial charge < -0.3 is 5.73 Å². The van der Waals surface area contributed by atoms with Crippen LogP contribution >= 0.6 is 0 Å².